The standard InChI is InChI=1S/C22H21ClF3N5O2/c1-13(32)31-9-7-14(8-10-31)5-6-17-19-16(29-20(30-17)22(24,25)26)3-2-4-18(19)33-21-27-11-15(23)12-28-21/h2-4,11-12,14H,5-10H2,1H3. The molecule has 0 atom stereocenters. The van der Waals surface area contributed by atoms with Crippen molar-refractivity contribution in [3.63, 3.8) is 0 Å². The lowest BCUT2D eigenvalue weighted by Gasteiger charge is -2.31. The third kappa shape index (κ3) is 5.50. The number of piperidine rings is 1. The summed E-state index contributed by atoms with van der Waals surface area (Å²) in [6.07, 6.45) is 0.609. The van der Waals surface area contributed by atoms with Gasteiger partial charge in [0.2, 0.25) is 11.7 Å². The van der Waals surface area contributed by atoms with Crippen LogP contribution >= 0.6 is 11.6 Å². The predicted molar refractivity (Wildman–Crippen MR) is 115 cm³/mol. The second kappa shape index (κ2) is 9.46. The Hall–Kier alpha value is -3.01. The van der Waals surface area contributed by atoms with E-state index in [1.165, 1.54) is 25.4 Å². The highest BCUT2D eigenvalue weighted by Gasteiger charge is 2.36. The molecule has 0 unspecified atom stereocenters. The Balaban J connectivity index is 1.65. The Morgan fingerprint density at radius 2 is 1.88 bits per heavy atom. The first-order valence-corrected chi connectivity index (χ1v) is 10.9. The summed E-state index contributed by atoms with van der Waals surface area (Å²) in [6, 6.07) is 4.68. The number of carbonyl (C=O) groups excluding carboxylic acids is 1. The van der Waals surface area contributed by atoms with Crippen LogP contribution in [0.3, 0.4) is 0 Å². The number of rotatable bonds is 5. The molecule has 4 rings (SSSR count). The van der Waals surface area contributed by atoms with E-state index in [0.29, 0.717) is 36.3 Å². The van der Waals surface area contributed by atoms with Crippen LogP contribution in [0.2, 0.25) is 5.02 Å². The van der Waals surface area contributed by atoms with E-state index in [4.69, 9.17) is 16.3 Å². The molecule has 1 amide bonds. The SMILES string of the molecule is CC(=O)N1CCC(CCc2nc(C(F)(F)F)nc3cccc(Oc4ncc(Cl)cn4)c23)CC1. The molecule has 1 aromatic carbocycles. The van der Waals surface area contributed by atoms with Crippen molar-refractivity contribution in [2.45, 2.75) is 38.8 Å². The molecule has 0 bridgehead atoms. The number of nitrogens with zero attached hydrogens (tertiary/aromatic N) is 5. The number of aromatic nitrogens is 4. The molecule has 0 N–H and O–H groups in total. The molecular formula is C22H21ClF3N5O2. The average Bonchev–Trinajstić information content (AvgIpc) is 2.78. The summed E-state index contributed by atoms with van der Waals surface area (Å²) < 4.78 is 46.2. The largest absolute Gasteiger partial charge is 0.451 e. The number of aryl methyl sites for hydroxylation is 1. The summed E-state index contributed by atoms with van der Waals surface area (Å²) in [5.41, 5.74) is 0.385. The molecule has 7 nitrogen and oxygen atoms in total. The summed E-state index contributed by atoms with van der Waals surface area (Å²) >= 11 is 5.81. The first-order valence-electron chi connectivity index (χ1n) is 10.5. The lowest BCUT2D eigenvalue weighted by molar-refractivity contribution is -0.144. The first-order chi connectivity index (χ1) is 15.7. The van der Waals surface area contributed by atoms with Gasteiger partial charge in [0.05, 0.1) is 34.0 Å². The van der Waals surface area contributed by atoms with Gasteiger partial charge in [-0.3, -0.25) is 4.79 Å². The minimum atomic E-state index is -4.67. The minimum Gasteiger partial charge on any atom is -0.424 e. The van der Waals surface area contributed by atoms with Gasteiger partial charge < -0.3 is 9.64 Å². The molecule has 174 valence electrons. The summed E-state index contributed by atoms with van der Waals surface area (Å²) in [5.74, 6) is -0.592. The average molecular weight is 480 g/mol. The molecule has 11 heteroatoms. The van der Waals surface area contributed by atoms with Gasteiger partial charge in [-0.05, 0) is 43.7 Å². The minimum absolute atomic E-state index is 0.00866. The lowest BCUT2D eigenvalue weighted by atomic mass is 9.91. The highest BCUT2D eigenvalue weighted by Crippen LogP contribution is 2.35. The van der Waals surface area contributed by atoms with E-state index in [-0.39, 0.29) is 34.8 Å². The second-order valence-electron chi connectivity index (χ2n) is 7.92. The molecule has 33 heavy (non-hydrogen) atoms. The molecule has 2 aromatic heterocycles. The highest BCUT2D eigenvalue weighted by atomic mass is 35.5. The number of likely N-dealkylation sites (tertiary alicyclic amines) is 1. The number of hydrogen-bond acceptors (Lipinski definition) is 6. The van der Waals surface area contributed by atoms with Crippen molar-refractivity contribution >= 4 is 28.4 Å². The molecule has 1 fully saturated rings. The number of fused-ring (bicyclic) bond motifs is 1. The number of carbonyl (C=O) groups is 1. The predicted octanol–water partition coefficient (Wildman–Crippen LogP) is 5.08. The molecule has 0 aliphatic carbocycles. The Labute approximate surface area is 193 Å². The number of benzene rings is 1. The van der Waals surface area contributed by atoms with Gasteiger partial charge >= 0.3 is 12.2 Å². The molecule has 1 saturated heterocycles. The quantitative estimate of drug-likeness (QED) is 0.508. The van der Waals surface area contributed by atoms with E-state index in [1.807, 2.05) is 0 Å². The third-order valence-electron chi connectivity index (χ3n) is 5.66. The van der Waals surface area contributed by atoms with E-state index in [0.717, 1.165) is 12.8 Å². The molecule has 3 heterocycles. The Morgan fingerprint density at radius 3 is 2.52 bits per heavy atom. The highest BCUT2D eigenvalue weighted by molar-refractivity contribution is 6.30. The first kappa shape index (κ1) is 23.2. The molecule has 0 radical (unpaired) electrons. The Morgan fingerprint density at radius 1 is 1.18 bits per heavy atom. The van der Waals surface area contributed by atoms with Gasteiger partial charge in [-0.25, -0.2) is 19.9 Å². The van der Waals surface area contributed by atoms with Crippen molar-refractivity contribution in [3.05, 3.63) is 47.1 Å². The summed E-state index contributed by atoms with van der Waals surface area (Å²) in [4.78, 5) is 28.9. The maximum Gasteiger partial charge on any atom is 0.451 e. The third-order valence-corrected chi connectivity index (χ3v) is 5.86. The van der Waals surface area contributed by atoms with Gasteiger partial charge in [0.1, 0.15) is 5.75 Å². The van der Waals surface area contributed by atoms with Crippen molar-refractivity contribution in [2.75, 3.05) is 13.1 Å². The van der Waals surface area contributed by atoms with Crippen LogP contribution in [0.4, 0.5) is 13.2 Å². The van der Waals surface area contributed by atoms with Gasteiger partial charge in [0.25, 0.3) is 0 Å². The van der Waals surface area contributed by atoms with Crippen LogP contribution in [-0.4, -0.2) is 43.8 Å². The number of hydrogen-bond donors (Lipinski definition) is 0. The van der Waals surface area contributed by atoms with E-state index in [2.05, 4.69) is 19.9 Å². The fraction of sp³-hybridized carbons (Fsp3) is 0.409. The monoisotopic (exact) mass is 479 g/mol. The molecule has 3 aromatic rings. The summed E-state index contributed by atoms with van der Waals surface area (Å²) in [6.45, 7) is 2.85. The summed E-state index contributed by atoms with van der Waals surface area (Å²) in [7, 11) is 0. The number of alkyl halides is 3. The number of amides is 1. The van der Waals surface area contributed by atoms with Crippen LogP contribution in [0.1, 0.15) is 37.7 Å². The van der Waals surface area contributed by atoms with Crippen LogP contribution in [-0.2, 0) is 17.4 Å². The maximum atomic E-state index is 13.5. The fourth-order valence-electron chi connectivity index (χ4n) is 3.95. The zero-order valence-corrected chi connectivity index (χ0v) is 18.5. The van der Waals surface area contributed by atoms with Gasteiger partial charge in [-0.2, -0.15) is 13.2 Å². The van der Waals surface area contributed by atoms with Gasteiger partial charge in [0.15, 0.2) is 0 Å². The smallest absolute Gasteiger partial charge is 0.424 e. The van der Waals surface area contributed by atoms with Crippen molar-refractivity contribution in [3.8, 4) is 11.8 Å². The van der Waals surface area contributed by atoms with Crippen LogP contribution in [0.15, 0.2) is 30.6 Å². The van der Waals surface area contributed by atoms with E-state index >= 15 is 0 Å². The molecule has 0 spiro atoms. The number of ether oxygens (including phenoxy) is 1. The van der Waals surface area contributed by atoms with Gasteiger partial charge in [-0.1, -0.05) is 17.7 Å². The van der Waals surface area contributed by atoms with E-state index < -0.39 is 12.0 Å². The van der Waals surface area contributed by atoms with E-state index in [9.17, 15) is 18.0 Å². The van der Waals surface area contributed by atoms with Crippen molar-refractivity contribution in [1.82, 2.24) is 24.8 Å². The fourth-order valence-corrected chi connectivity index (χ4v) is 4.04. The lowest BCUT2D eigenvalue weighted by Crippen LogP contribution is -2.37. The second-order valence-corrected chi connectivity index (χ2v) is 8.35. The van der Waals surface area contributed by atoms with Crippen molar-refractivity contribution in [1.29, 1.82) is 0 Å². The zero-order chi connectivity index (χ0) is 23.6. The molecular weight excluding hydrogens is 459 g/mol. The van der Waals surface area contributed by atoms with Crippen LogP contribution in [0.25, 0.3) is 10.9 Å². The van der Waals surface area contributed by atoms with Crippen molar-refractivity contribution in [2.24, 2.45) is 5.92 Å². The van der Waals surface area contributed by atoms with Gasteiger partial charge in [-0.15, -0.1) is 0 Å². The van der Waals surface area contributed by atoms with Crippen LogP contribution in [0, 0.1) is 5.92 Å². The Kier molecular flexibility index (Phi) is 6.64. The van der Waals surface area contributed by atoms with Crippen LogP contribution < -0.4 is 4.74 Å². The summed E-state index contributed by atoms with van der Waals surface area (Å²) in [5, 5.41) is 0.722. The van der Waals surface area contributed by atoms with E-state index in [1.54, 1.807) is 17.0 Å². The van der Waals surface area contributed by atoms with Gasteiger partial charge in [0, 0.05) is 20.0 Å². The number of halogens is 4. The maximum absolute atomic E-state index is 13.5. The van der Waals surface area contributed by atoms with Crippen molar-refractivity contribution < 1.29 is 22.7 Å². The van der Waals surface area contributed by atoms with Crippen LogP contribution in [0.5, 0.6) is 11.8 Å². The normalized spacial score (nSPS) is 15.1. The topological polar surface area (TPSA) is 81.1 Å². The molecule has 1 aliphatic heterocycles. The molecule has 0 saturated carbocycles. The zero-order valence-electron chi connectivity index (χ0n) is 17.8. The molecule has 1 aliphatic rings. The Bertz CT molecular complexity index is 1150.